The molecule has 0 saturated carbocycles. The van der Waals surface area contributed by atoms with Crippen LogP contribution in [0.3, 0.4) is 0 Å². The van der Waals surface area contributed by atoms with E-state index in [9.17, 15) is 4.79 Å². The summed E-state index contributed by atoms with van der Waals surface area (Å²) < 4.78 is 5.97. The van der Waals surface area contributed by atoms with Crippen molar-refractivity contribution in [1.82, 2.24) is 19.7 Å². The molecular formula is C25H34N4O2S. The van der Waals surface area contributed by atoms with Crippen molar-refractivity contribution in [2.75, 3.05) is 39.3 Å². The van der Waals surface area contributed by atoms with Crippen LogP contribution >= 0.6 is 11.3 Å². The lowest BCUT2D eigenvalue weighted by atomic mass is 10.2. The largest absolute Gasteiger partial charge is 0.494 e. The molecule has 2 amide bonds. The number of hydrogen-bond donors (Lipinski definition) is 0. The number of benzene rings is 1. The number of carbonyl (C=O) groups excluding carboxylic acids is 1. The van der Waals surface area contributed by atoms with E-state index < -0.39 is 0 Å². The Hall–Kier alpha value is -2.12. The molecule has 0 radical (unpaired) electrons. The molecule has 172 valence electrons. The quantitative estimate of drug-likeness (QED) is 0.597. The fourth-order valence-electron chi connectivity index (χ4n) is 5.07. The minimum Gasteiger partial charge on any atom is -0.494 e. The first kappa shape index (κ1) is 21.7. The maximum atomic E-state index is 12.7. The van der Waals surface area contributed by atoms with Gasteiger partial charge >= 0.3 is 6.03 Å². The van der Waals surface area contributed by atoms with Crippen LogP contribution in [0.2, 0.25) is 0 Å². The number of ether oxygens (including phenoxy) is 1. The standard InChI is InChI=1S/C25H34N4O2S/c1-19-6-4-14-27(19)15-5-17-31-21-9-7-20(8-10-21)24-26-22-11-16-29(18-23(22)32-24)25(30)28-12-2-3-13-28/h7-10,19H,2-6,11-18H2,1H3. The fraction of sp³-hybridized carbons (Fsp3) is 0.600. The maximum Gasteiger partial charge on any atom is 0.320 e. The van der Waals surface area contributed by atoms with Gasteiger partial charge in [-0.05, 0) is 69.8 Å². The molecule has 0 aliphatic carbocycles. The Morgan fingerprint density at radius 3 is 2.66 bits per heavy atom. The molecule has 0 N–H and O–H groups in total. The second kappa shape index (κ2) is 9.79. The zero-order valence-corrected chi connectivity index (χ0v) is 19.9. The van der Waals surface area contributed by atoms with Gasteiger partial charge in [-0.25, -0.2) is 9.78 Å². The smallest absolute Gasteiger partial charge is 0.320 e. The van der Waals surface area contributed by atoms with Crippen LogP contribution in [0.15, 0.2) is 24.3 Å². The van der Waals surface area contributed by atoms with Crippen molar-refractivity contribution in [3.8, 4) is 16.3 Å². The third-order valence-corrected chi connectivity index (χ3v) is 8.16. The highest BCUT2D eigenvalue weighted by molar-refractivity contribution is 7.15. The molecule has 1 aromatic carbocycles. The fourth-order valence-corrected chi connectivity index (χ4v) is 6.20. The Balaban J connectivity index is 1.14. The molecule has 4 heterocycles. The molecule has 3 aliphatic rings. The summed E-state index contributed by atoms with van der Waals surface area (Å²) in [5.41, 5.74) is 2.28. The summed E-state index contributed by atoms with van der Waals surface area (Å²) in [5, 5.41) is 1.04. The van der Waals surface area contributed by atoms with E-state index in [-0.39, 0.29) is 6.03 Å². The van der Waals surface area contributed by atoms with Crippen LogP contribution in [0.1, 0.15) is 49.6 Å². The second-order valence-electron chi connectivity index (χ2n) is 9.29. The van der Waals surface area contributed by atoms with Crippen molar-refractivity contribution < 1.29 is 9.53 Å². The van der Waals surface area contributed by atoms with Gasteiger partial charge < -0.3 is 19.4 Å². The molecule has 3 aliphatic heterocycles. The Bertz CT molecular complexity index is 923. The Labute approximate surface area is 195 Å². The van der Waals surface area contributed by atoms with Crippen LogP contribution in [0.4, 0.5) is 4.79 Å². The molecule has 6 nitrogen and oxygen atoms in total. The lowest BCUT2D eigenvalue weighted by molar-refractivity contribution is 0.157. The Morgan fingerprint density at radius 2 is 1.91 bits per heavy atom. The number of amides is 2. The van der Waals surface area contributed by atoms with Gasteiger partial charge in [0.25, 0.3) is 0 Å². The van der Waals surface area contributed by atoms with Crippen molar-refractivity contribution in [2.45, 2.75) is 58.0 Å². The van der Waals surface area contributed by atoms with Gasteiger partial charge in [0.1, 0.15) is 10.8 Å². The summed E-state index contributed by atoms with van der Waals surface area (Å²) in [7, 11) is 0. The molecule has 32 heavy (non-hydrogen) atoms. The van der Waals surface area contributed by atoms with Crippen molar-refractivity contribution in [3.05, 3.63) is 34.8 Å². The van der Waals surface area contributed by atoms with Crippen LogP contribution in [-0.4, -0.2) is 71.1 Å². The molecule has 1 unspecified atom stereocenters. The zero-order chi connectivity index (χ0) is 21.9. The molecule has 2 aromatic rings. The SMILES string of the molecule is CC1CCCN1CCCOc1ccc(-c2nc3c(s2)CN(C(=O)N2CCCC2)CC3)cc1. The van der Waals surface area contributed by atoms with E-state index in [2.05, 4.69) is 36.1 Å². The molecular weight excluding hydrogens is 420 g/mol. The van der Waals surface area contributed by atoms with Crippen LogP contribution in [0.5, 0.6) is 5.75 Å². The van der Waals surface area contributed by atoms with Gasteiger partial charge in [0.05, 0.1) is 18.8 Å². The lowest BCUT2D eigenvalue weighted by Gasteiger charge is -2.30. The van der Waals surface area contributed by atoms with Crippen molar-refractivity contribution in [2.24, 2.45) is 0 Å². The first-order chi connectivity index (χ1) is 15.7. The number of aromatic nitrogens is 1. The summed E-state index contributed by atoms with van der Waals surface area (Å²) in [6.07, 6.45) is 6.84. The highest BCUT2D eigenvalue weighted by atomic mass is 32.1. The van der Waals surface area contributed by atoms with Gasteiger partial charge in [0.2, 0.25) is 0 Å². The first-order valence-corrected chi connectivity index (χ1v) is 13.0. The van der Waals surface area contributed by atoms with Crippen molar-refractivity contribution >= 4 is 17.4 Å². The minimum absolute atomic E-state index is 0.198. The normalized spacial score (nSPS) is 21.2. The molecule has 0 bridgehead atoms. The highest BCUT2D eigenvalue weighted by Gasteiger charge is 2.28. The van der Waals surface area contributed by atoms with E-state index >= 15 is 0 Å². The molecule has 1 aromatic heterocycles. The van der Waals surface area contributed by atoms with Crippen molar-refractivity contribution in [1.29, 1.82) is 0 Å². The monoisotopic (exact) mass is 454 g/mol. The number of nitrogens with zero attached hydrogens (tertiary/aromatic N) is 4. The predicted octanol–water partition coefficient (Wildman–Crippen LogP) is 4.64. The van der Waals surface area contributed by atoms with E-state index in [1.165, 1.54) is 24.3 Å². The number of fused-ring (bicyclic) bond motifs is 1. The number of rotatable bonds is 6. The molecule has 5 rings (SSSR count). The maximum absolute atomic E-state index is 12.7. The molecule has 1 atom stereocenters. The van der Waals surface area contributed by atoms with Gasteiger partial charge in [0, 0.05) is 49.1 Å². The third kappa shape index (κ3) is 4.79. The van der Waals surface area contributed by atoms with Gasteiger partial charge in [-0.2, -0.15) is 0 Å². The lowest BCUT2D eigenvalue weighted by Crippen LogP contribution is -2.43. The number of carbonyl (C=O) groups is 1. The van der Waals surface area contributed by atoms with Crippen LogP contribution in [0.25, 0.3) is 10.6 Å². The zero-order valence-electron chi connectivity index (χ0n) is 19.1. The number of urea groups is 1. The van der Waals surface area contributed by atoms with E-state index in [4.69, 9.17) is 9.72 Å². The number of likely N-dealkylation sites (tertiary alicyclic amines) is 2. The molecule has 2 fully saturated rings. The predicted molar refractivity (Wildman–Crippen MR) is 128 cm³/mol. The van der Waals surface area contributed by atoms with E-state index in [0.29, 0.717) is 6.54 Å². The van der Waals surface area contributed by atoms with Crippen LogP contribution in [-0.2, 0) is 13.0 Å². The average Bonchev–Trinajstić information content (AvgIpc) is 3.57. The van der Waals surface area contributed by atoms with E-state index in [1.54, 1.807) is 11.3 Å². The topological polar surface area (TPSA) is 48.9 Å². The molecule has 2 saturated heterocycles. The minimum atomic E-state index is 0.198. The summed E-state index contributed by atoms with van der Waals surface area (Å²) in [4.78, 5) is 25.4. The summed E-state index contributed by atoms with van der Waals surface area (Å²) in [6.45, 7) is 8.72. The average molecular weight is 455 g/mol. The second-order valence-corrected chi connectivity index (χ2v) is 10.4. The summed E-state index contributed by atoms with van der Waals surface area (Å²) >= 11 is 1.72. The summed E-state index contributed by atoms with van der Waals surface area (Å²) in [6, 6.07) is 9.24. The van der Waals surface area contributed by atoms with Gasteiger partial charge in [0.15, 0.2) is 0 Å². The number of thiazole rings is 1. The van der Waals surface area contributed by atoms with Gasteiger partial charge in [-0.3, -0.25) is 0 Å². The van der Waals surface area contributed by atoms with Crippen molar-refractivity contribution in [3.63, 3.8) is 0 Å². The van der Waals surface area contributed by atoms with Gasteiger partial charge in [-0.15, -0.1) is 11.3 Å². The van der Waals surface area contributed by atoms with Crippen LogP contribution < -0.4 is 4.74 Å². The highest BCUT2D eigenvalue weighted by Crippen LogP contribution is 2.33. The van der Waals surface area contributed by atoms with Gasteiger partial charge in [-0.1, -0.05) is 0 Å². The molecule has 0 spiro atoms. The number of hydrogen-bond acceptors (Lipinski definition) is 5. The van der Waals surface area contributed by atoms with E-state index in [1.807, 2.05) is 9.80 Å². The Kier molecular flexibility index (Phi) is 6.64. The van der Waals surface area contributed by atoms with Crippen LogP contribution in [0, 0.1) is 0 Å². The third-order valence-electron chi connectivity index (χ3n) is 7.03. The van der Waals surface area contributed by atoms with E-state index in [0.717, 1.165) is 86.5 Å². The molecule has 7 heteroatoms. The Morgan fingerprint density at radius 1 is 1.09 bits per heavy atom. The summed E-state index contributed by atoms with van der Waals surface area (Å²) in [5.74, 6) is 0.923. The first-order valence-electron chi connectivity index (χ1n) is 12.2.